The van der Waals surface area contributed by atoms with E-state index in [0.717, 1.165) is 8.47 Å². The number of sulfonamides is 1. The van der Waals surface area contributed by atoms with Crippen LogP contribution in [0.4, 0.5) is 5.69 Å². The van der Waals surface area contributed by atoms with Gasteiger partial charge in [-0.25, -0.2) is 13.3 Å². The number of ether oxygens (including phenoxy) is 1. The van der Waals surface area contributed by atoms with E-state index in [1.54, 1.807) is 50.2 Å². The summed E-state index contributed by atoms with van der Waals surface area (Å²) in [7, 11) is -2.57. The molecule has 0 aliphatic carbocycles. The van der Waals surface area contributed by atoms with Crippen LogP contribution in [-0.2, 0) is 19.6 Å². The molecule has 166 valence electrons. The van der Waals surface area contributed by atoms with E-state index in [0.29, 0.717) is 17.9 Å². The average molecular weight is 556 g/mol. The maximum atomic E-state index is 13.7. The molecular formula is C22H25IN2O5S. The van der Waals surface area contributed by atoms with E-state index < -0.39 is 33.4 Å². The van der Waals surface area contributed by atoms with Crippen LogP contribution in [0.25, 0.3) is 0 Å². The molecular weight excluding hydrogens is 531 g/mol. The smallest absolute Gasteiger partial charge is 0.252 e. The minimum atomic E-state index is -4.07. The van der Waals surface area contributed by atoms with Crippen molar-refractivity contribution in [2.75, 3.05) is 12.0 Å². The van der Waals surface area contributed by atoms with Gasteiger partial charge in [0.05, 0.1) is 24.1 Å². The molecule has 1 fully saturated rings. The van der Waals surface area contributed by atoms with Gasteiger partial charge in [0.2, 0.25) is 15.9 Å². The Balaban J connectivity index is 2.06. The van der Waals surface area contributed by atoms with E-state index in [-0.39, 0.29) is 11.3 Å². The Labute approximate surface area is 196 Å². The third-order valence-electron chi connectivity index (χ3n) is 5.57. The molecule has 0 N–H and O–H groups in total. The SMILES string of the molecule is CCC(C)(C)N(C1CC(=O)N(c2ccc(I)cc2)C1=O)S(=O)(=O)c1ccc(OC)cc1. The predicted molar refractivity (Wildman–Crippen MR) is 126 cm³/mol. The zero-order chi connectivity index (χ0) is 23.0. The van der Waals surface area contributed by atoms with E-state index in [1.165, 1.54) is 23.5 Å². The fourth-order valence-electron chi connectivity index (χ4n) is 3.59. The standard InChI is InChI=1S/C22H25IN2O5S/c1-5-22(2,3)25(31(28,29)18-12-10-17(30-4)11-13-18)19-14-20(26)24(21(19)27)16-8-6-15(23)7-9-16/h6-13,19H,5,14H2,1-4H3. The zero-order valence-corrected chi connectivity index (χ0v) is 20.8. The van der Waals surface area contributed by atoms with Crippen LogP contribution in [0.1, 0.15) is 33.6 Å². The van der Waals surface area contributed by atoms with Crippen molar-refractivity contribution in [2.24, 2.45) is 0 Å². The van der Waals surface area contributed by atoms with Crippen LogP contribution in [0.2, 0.25) is 0 Å². The number of benzene rings is 2. The first-order chi connectivity index (χ1) is 14.5. The van der Waals surface area contributed by atoms with E-state index in [1.807, 2.05) is 6.92 Å². The van der Waals surface area contributed by atoms with Crippen molar-refractivity contribution in [1.29, 1.82) is 0 Å². The number of imide groups is 1. The summed E-state index contributed by atoms with van der Waals surface area (Å²) < 4.78 is 34.6. The Bertz CT molecular complexity index is 1080. The van der Waals surface area contributed by atoms with E-state index in [9.17, 15) is 18.0 Å². The van der Waals surface area contributed by atoms with Gasteiger partial charge < -0.3 is 4.74 Å². The highest BCUT2D eigenvalue weighted by atomic mass is 127. The number of nitrogens with zero attached hydrogens (tertiary/aromatic N) is 2. The molecule has 2 amide bonds. The minimum Gasteiger partial charge on any atom is -0.497 e. The number of halogens is 1. The molecule has 0 aromatic heterocycles. The number of hydrogen-bond acceptors (Lipinski definition) is 5. The fraction of sp³-hybridized carbons (Fsp3) is 0.364. The van der Waals surface area contributed by atoms with Crippen molar-refractivity contribution in [1.82, 2.24) is 4.31 Å². The van der Waals surface area contributed by atoms with E-state index in [2.05, 4.69) is 22.6 Å². The van der Waals surface area contributed by atoms with E-state index >= 15 is 0 Å². The van der Waals surface area contributed by atoms with Crippen LogP contribution < -0.4 is 9.64 Å². The fourth-order valence-corrected chi connectivity index (χ4v) is 5.94. The molecule has 2 aromatic rings. The van der Waals surface area contributed by atoms with Crippen LogP contribution in [0.5, 0.6) is 5.75 Å². The number of carbonyl (C=O) groups excluding carboxylic acids is 2. The molecule has 9 heteroatoms. The van der Waals surface area contributed by atoms with Gasteiger partial charge in [-0.3, -0.25) is 9.59 Å². The highest BCUT2D eigenvalue weighted by Gasteiger charge is 2.51. The predicted octanol–water partition coefficient (Wildman–Crippen LogP) is 3.81. The molecule has 2 aromatic carbocycles. The Morgan fingerprint density at radius 2 is 1.68 bits per heavy atom. The number of carbonyl (C=O) groups is 2. The van der Waals surface area contributed by atoms with Crippen LogP contribution in [0.3, 0.4) is 0 Å². The highest BCUT2D eigenvalue weighted by molar-refractivity contribution is 14.1. The summed E-state index contributed by atoms with van der Waals surface area (Å²) in [6.45, 7) is 5.38. The van der Waals surface area contributed by atoms with Crippen LogP contribution in [0, 0.1) is 3.57 Å². The van der Waals surface area contributed by atoms with E-state index in [4.69, 9.17) is 4.74 Å². The van der Waals surface area contributed by atoms with Gasteiger partial charge in [-0.1, -0.05) is 6.92 Å². The molecule has 3 rings (SSSR count). The Kier molecular flexibility index (Phi) is 6.78. The van der Waals surface area contributed by atoms with Gasteiger partial charge in [0.15, 0.2) is 0 Å². The lowest BCUT2D eigenvalue weighted by molar-refractivity contribution is -0.122. The molecule has 0 radical (unpaired) electrons. The van der Waals surface area contributed by atoms with Gasteiger partial charge in [0.25, 0.3) is 5.91 Å². The normalized spacial score (nSPS) is 17.5. The maximum absolute atomic E-state index is 13.7. The lowest BCUT2D eigenvalue weighted by Crippen LogP contribution is -2.55. The summed E-state index contributed by atoms with van der Waals surface area (Å²) in [5, 5.41) is 0. The first-order valence-electron chi connectivity index (χ1n) is 9.84. The number of amides is 2. The molecule has 1 aliphatic rings. The second-order valence-corrected chi connectivity index (χ2v) is 11.0. The van der Waals surface area contributed by atoms with Gasteiger partial charge in [-0.2, -0.15) is 4.31 Å². The van der Waals surface area contributed by atoms with Gasteiger partial charge >= 0.3 is 0 Å². The number of hydrogen-bond donors (Lipinski definition) is 0. The molecule has 0 bridgehead atoms. The zero-order valence-electron chi connectivity index (χ0n) is 17.8. The molecule has 0 spiro atoms. The second kappa shape index (κ2) is 8.87. The topological polar surface area (TPSA) is 84.0 Å². The molecule has 1 aliphatic heterocycles. The first kappa shape index (κ1) is 23.7. The Morgan fingerprint density at radius 3 is 2.19 bits per heavy atom. The summed E-state index contributed by atoms with van der Waals surface area (Å²) >= 11 is 2.14. The van der Waals surface area contributed by atoms with Crippen molar-refractivity contribution >= 4 is 50.1 Å². The summed E-state index contributed by atoms with van der Waals surface area (Å²) in [4.78, 5) is 27.3. The molecule has 1 unspecified atom stereocenters. The van der Waals surface area contributed by atoms with Gasteiger partial charge in [-0.05, 0) is 91.4 Å². The quantitative estimate of drug-likeness (QED) is 0.383. The third kappa shape index (κ3) is 4.49. The molecule has 7 nitrogen and oxygen atoms in total. The van der Waals surface area contributed by atoms with Crippen molar-refractivity contribution in [2.45, 2.75) is 50.1 Å². The highest BCUT2D eigenvalue weighted by Crippen LogP contribution is 2.36. The Morgan fingerprint density at radius 1 is 1.10 bits per heavy atom. The maximum Gasteiger partial charge on any atom is 0.252 e. The molecule has 1 atom stereocenters. The molecule has 1 heterocycles. The molecule has 0 saturated carbocycles. The lowest BCUT2D eigenvalue weighted by atomic mass is 10.00. The lowest BCUT2D eigenvalue weighted by Gasteiger charge is -2.39. The largest absolute Gasteiger partial charge is 0.497 e. The first-order valence-corrected chi connectivity index (χ1v) is 12.4. The van der Waals surface area contributed by atoms with Gasteiger partial charge in [0.1, 0.15) is 11.8 Å². The number of anilines is 1. The van der Waals surface area contributed by atoms with Crippen LogP contribution in [-0.4, -0.2) is 43.2 Å². The van der Waals surface area contributed by atoms with Gasteiger partial charge in [-0.15, -0.1) is 0 Å². The summed E-state index contributed by atoms with van der Waals surface area (Å²) in [6, 6.07) is 11.9. The van der Waals surface area contributed by atoms with Crippen LogP contribution in [0.15, 0.2) is 53.4 Å². The third-order valence-corrected chi connectivity index (χ3v) is 8.42. The number of rotatable bonds is 7. The molecule has 1 saturated heterocycles. The second-order valence-electron chi connectivity index (χ2n) is 7.91. The van der Waals surface area contributed by atoms with Crippen LogP contribution >= 0.6 is 22.6 Å². The monoisotopic (exact) mass is 556 g/mol. The summed E-state index contributed by atoms with van der Waals surface area (Å²) in [5.74, 6) is -0.430. The minimum absolute atomic E-state index is 0.0442. The molecule has 31 heavy (non-hydrogen) atoms. The van der Waals surface area contributed by atoms with Crippen molar-refractivity contribution in [3.05, 3.63) is 52.1 Å². The van der Waals surface area contributed by atoms with Crippen molar-refractivity contribution < 1.29 is 22.7 Å². The van der Waals surface area contributed by atoms with Gasteiger partial charge in [0, 0.05) is 9.11 Å². The summed E-state index contributed by atoms with van der Waals surface area (Å²) in [5.41, 5.74) is -0.449. The van der Waals surface area contributed by atoms with Crippen molar-refractivity contribution in [3.63, 3.8) is 0 Å². The van der Waals surface area contributed by atoms with Crippen molar-refractivity contribution in [3.8, 4) is 5.75 Å². The average Bonchev–Trinajstić information content (AvgIpc) is 3.02. The number of methoxy groups -OCH3 is 1. The Hall–Kier alpha value is -1.98. The summed E-state index contributed by atoms with van der Waals surface area (Å²) in [6.07, 6.45) is 0.257.